The molecule has 0 aliphatic rings. The molecule has 0 fully saturated rings. The van der Waals surface area contributed by atoms with Crippen molar-refractivity contribution < 1.29 is 18.7 Å². The highest BCUT2D eigenvalue weighted by Crippen LogP contribution is 2.16. The molecule has 2 rings (SSSR count). The fraction of sp³-hybridized carbons (Fsp3) is 0.125. The van der Waals surface area contributed by atoms with Crippen molar-refractivity contribution >= 4 is 5.97 Å². The van der Waals surface area contributed by atoms with E-state index in [0.717, 1.165) is 0 Å². The average molecular weight is 285 g/mol. The monoisotopic (exact) mass is 285 g/mol. The zero-order valence-electron chi connectivity index (χ0n) is 11.1. The smallest absolute Gasteiger partial charge is 0.344 e. The quantitative estimate of drug-likeness (QED) is 0.793. The van der Waals surface area contributed by atoms with Gasteiger partial charge in [0, 0.05) is 5.56 Å². The molecule has 106 valence electrons. The van der Waals surface area contributed by atoms with Crippen LogP contribution in [0, 0.1) is 17.1 Å². The number of hydrogen-bond acceptors (Lipinski definition) is 4. The second-order valence-corrected chi connectivity index (χ2v) is 4.15. The Morgan fingerprint density at radius 3 is 2.62 bits per heavy atom. The van der Waals surface area contributed by atoms with E-state index in [-0.39, 0.29) is 13.2 Å². The van der Waals surface area contributed by atoms with Crippen LogP contribution in [0.5, 0.6) is 5.75 Å². The first kappa shape index (κ1) is 14.5. The highest BCUT2D eigenvalue weighted by Gasteiger charge is 2.09. The Morgan fingerprint density at radius 1 is 1.14 bits per heavy atom. The van der Waals surface area contributed by atoms with Crippen molar-refractivity contribution in [3.63, 3.8) is 0 Å². The number of nitrogens with zero attached hydrogens (tertiary/aromatic N) is 1. The maximum Gasteiger partial charge on any atom is 0.344 e. The van der Waals surface area contributed by atoms with Crippen molar-refractivity contribution in [3.8, 4) is 11.8 Å². The van der Waals surface area contributed by atoms with E-state index < -0.39 is 11.8 Å². The van der Waals surface area contributed by atoms with E-state index in [0.29, 0.717) is 16.9 Å². The molecule has 0 aliphatic heterocycles. The van der Waals surface area contributed by atoms with Crippen molar-refractivity contribution in [2.75, 3.05) is 6.61 Å². The third-order valence-corrected chi connectivity index (χ3v) is 2.70. The van der Waals surface area contributed by atoms with Crippen LogP contribution >= 0.6 is 0 Å². The van der Waals surface area contributed by atoms with Crippen LogP contribution in [0.3, 0.4) is 0 Å². The molecule has 0 atom stereocenters. The molecule has 2 aromatic rings. The lowest BCUT2D eigenvalue weighted by Crippen LogP contribution is -2.15. The Morgan fingerprint density at radius 2 is 1.86 bits per heavy atom. The van der Waals surface area contributed by atoms with Gasteiger partial charge in [-0.05, 0) is 18.2 Å². The van der Waals surface area contributed by atoms with Crippen LogP contribution in [0.2, 0.25) is 0 Å². The van der Waals surface area contributed by atoms with Crippen LogP contribution in [0.25, 0.3) is 0 Å². The molecule has 0 N–H and O–H groups in total. The summed E-state index contributed by atoms with van der Waals surface area (Å²) in [5, 5.41) is 8.88. The predicted octanol–water partition coefficient (Wildman–Crippen LogP) is 2.82. The summed E-state index contributed by atoms with van der Waals surface area (Å²) in [7, 11) is 0. The van der Waals surface area contributed by atoms with Gasteiger partial charge in [-0.2, -0.15) is 5.26 Å². The summed E-state index contributed by atoms with van der Waals surface area (Å²) in [6, 6.07) is 14.6. The summed E-state index contributed by atoms with van der Waals surface area (Å²) >= 11 is 0. The van der Waals surface area contributed by atoms with E-state index in [2.05, 4.69) is 0 Å². The molecule has 0 aliphatic carbocycles. The predicted molar refractivity (Wildman–Crippen MR) is 72.8 cm³/mol. The lowest BCUT2D eigenvalue weighted by atomic mass is 10.2. The molecular weight excluding hydrogens is 273 g/mol. The zero-order valence-corrected chi connectivity index (χ0v) is 11.1. The fourth-order valence-electron chi connectivity index (χ4n) is 1.64. The molecule has 4 nitrogen and oxygen atoms in total. The summed E-state index contributed by atoms with van der Waals surface area (Å²) in [5.41, 5.74) is 0.627. The molecule has 0 amide bonds. The summed E-state index contributed by atoms with van der Waals surface area (Å²) in [5.74, 6) is -0.755. The fourth-order valence-corrected chi connectivity index (χ4v) is 1.64. The lowest BCUT2D eigenvalue weighted by Gasteiger charge is -2.08. The number of ether oxygens (including phenoxy) is 2. The summed E-state index contributed by atoms with van der Waals surface area (Å²) in [6.45, 7) is -0.498. The van der Waals surface area contributed by atoms with Crippen LogP contribution in [-0.2, 0) is 16.1 Å². The number of carbonyl (C=O) groups is 1. The number of halogens is 1. The van der Waals surface area contributed by atoms with Gasteiger partial charge in [0.05, 0.1) is 5.56 Å². The second kappa shape index (κ2) is 7.06. The molecule has 0 aromatic heterocycles. The lowest BCUT2D eigenvalue weighted by molar-refractivity contribution is -0.147. The Balaban J connectivity index is 1.86. The van der Waals surface area contributed by atoms with Gasteiger partial charge >= 0.3 is 5.97 Å². The second-order valence-electron chi connectivity index (χ2n) is 4.15. The molecular formula is C16H12FNO3. The molecule has 0 bridgehead atoms. The van der Waals surface area contributed by atoms with Gasteiger partial charge in [0.1, 0.15) is 24.2 Å². The molecule has 0 unspecified atom stereocenters. The van der Waals surface area contributed by atoms with Gasteiger partial charge in [-0.3, -0.25) is 0 Å². The third kappa shape index (κ3) is 4.05. The zero-order chi connectivity index (χ0) is 15.1. The third-order valence-electron chi connectivity index (χ3n) is 2.70. The summed E-state index contributed by atoms with van der Waals surface area (Å²) in [6.07, 6.45) is 0. The van der Waals surface area contributed by atoms with E-state index in [1.54, 1.807) is 36.4 Å². The van der Waals surface area contributed by atoms with Gasteiger partial charge in [0.2, 0.25) is 0 Å². The number of benzene rings is 2. The first-order chi connectivity index (χ1) is 10.2. The SMILES string of the molecule is N#Cc1ccccc1OCC(=O)OCc1ccccc1F. The number of carbonyl (C=O) groups excluding carboxylic acids is 1. The van der Waals surface area contributed by atoms with Crippen LogP contribution in [0.4, 0.5) is 4.39 Å². The van der Waals surface area contributed by atoms with Crippen LogP contribution in [-0.4, -0.2) is 12.6 Å². The Hall–Kier alpha value is -2.87. The molecule has 0 radical (unpaired) electrons. The van der Waals surface area contributed by atoms with Crippen molar-refractivity contribution in [3.05, 3.63) is 65.5 Å². The minimum absolute atomic E-state index is 0.158. The van der Waals surface area contributed by atoms with Crippen molar-refractivity contribution in [2.45, 2.75) is 6.61 Å². The number of nitriles is 1. The molecule has 0 saturated carbocycles. The molecule has 0 spiro atoms. The van der Waals surface area contributed by atoms with E-state index in [1.165, 1.54) is 12.1 Å². The Kier molecular flexibility index (Phi) is 4.89. The Bertz CT molecular complexity index is 679. The molecule has 0 heterocycles. The summed E-state index contributed by atoms with van der Waals surface area (Å²) in [4.78, 5) is 11.5. The molecule has 2 aromatic carbocycles. The van der Waals surface area contributed by atoms with Crippen LogP contribution < -0.4 is 4.74 Å². The average Bonchev–Trinajstić information content (AvgIpc) is 2.52. The standard InChI is InChI=1S/C16H12FNO3/c17-14-7-3-1-6-13(14)10-21-16(19)11-20-15-8-4-2-5-12(15)9-18/h1-8H,10-11H2. The van der Waals surface area contributed by atoms with Gasteiger partial charge in [-0.1, -0.05) is 30.3 Å². The maximum absolute atomic E-state index is 13.3. The van der Waals surface area contributed by atoms with Gasteiger partial charge in [-0.15, -0.1) is 0 Å². The topological polar surface area (TPSA) is 59.3 Å². The minimum Gasteiger partial charge on any atom is -0.481 e. The number of rotatable bonds is 5. The summed E-state index contributed by atoms with van der Waals surface area (Å²) < 4.78 is 23.5. The molecule has 5 heteroatoms. The van der Waals surface area contributed by atoms with E-state index >= 15 is 0 Å². The minimum atomic E-state index is -0.633. The largest absolute Gasteiger partial charge is 0.481 e. The maximum atomic E-state index is 13.3. The van der Waals surface area contributed by atoms with Gasteiger partial charge in [0.15, 0.2) is 6.61 Å². The van der Waals surface area contributed by atoms with E-state index in [1.807, 2.05) is 6.07 Å². The van der Waals surface area contributed by atoms with Gasteiger partial charge in [0.25, 0.3) is 0 Å². The molecule has 21 heavy (non-hydrogen) atoms. The van der Waals surface area contributed by atoms with Crippen molar-refractivity contribution in [2.24, 2.45) is 0 Å². The normalized spacial score (nSPS) is 9.71. The van der Waals surface area contributed by atoms with Gasteiger partial charge in [-0.25, -0.2) is 9.18 Å². The van der Waals surface area contributed by atoms with Gasteiger partial charge < -0.3 is 9.47 Å². The number of para-hydroxylation sites is 1. The van der Waals surface area contributed by atoms with E-state index in [9.17, 15) is 9.18 Å². The van der Waals surface area contributed by atoms with Crippen molar-refractivity contribution in [1.82, 2.24) is 0 Å². The number of hydrogen-bond donors (Lipinski definition) is 0. The highest BCUT2D eigenvalue weighted by molar-refractivity contribution is 5.71. The highest BCUT2D eigenvalue weighted by atomic mass is 19.1. The Labute approximate surface area is 121 Å². The molecule has 0 saturated heterocycles. The first-order valence-electron chi connectivity index (χ1n) is 6.21. The first-order valence-corrected chi connectivity index (χ1v) is 6.21. The van der Waals surface area contributed by atoms with Crippen molar-refractivity contribution in [1.29, 1.82) is 5.26 Å². The number of esters is 1. The van der Waals surface area contributed by atoms with Crippen LogP contribution in [0.15, 0.2) is 48.5 Å². The van der Waals surface area contributed by atoms with Crippen LogP contribution in [0.1, 0.15) is 11.1 Å². The van der Waals surface area contributed by atoms with E-state index in [4.69, 9.17) is 14.7 Å².